The molecule has 5 nitrogen and oxygen atoms in total. The average molecular weight is 273 g/mol. The number of ether oxygens (including phenoxy) is 1. The molecule has 0 bridgehead atoms. The highest BCUT2D eigenvalue weighted by Gasteiger charge is 2.31. The van der Waals surface area contributed by atoms with Gasteiger partial charge in [0, 0.05) is 13.0 Å². The van der Waals surface area contributed by atoms with E-state index < -0.39 is 0 Å². The van der Waals surface area contributed by atoms with Crippen LogP contribution in [0.15, 0.2) is 24.3 Å². The van der Waals surface area contributed by atoms with Crippen molar-refractivity contribution in [1.82, 2.24) is 9.97 Å². The molecule has 0 aliphatic heterocycles. The van der Waals surface area contributed by atoms with Gasteiger partial charge in [-0.3, -0.25) is 10.1 Å². The van der Waals surface area contributed by atoms with Gasteiger partial charge in [0.25, 0.3) is 0 Å². The Balaban J connectivity index is 1.52. The maximum absolute atomic E-state index is 11.9. The highest BCUT2D eigenvalue weighted by molar-refractivity contribution is 5.91. The van der Waals surface area contributed by atoms with Crippen molar-refractivity contribution in [2.75, 3.05) is 11.9 Å². The van der Waals surface area contributed by atoms with E-state index in [4.69, 9.17) is 4.74 Å². The highest BCUT2D eigenvalue weighted by Crippen LogP contribution is 2.32. The van der Waals surface area contributed by atoms with E-state index in [1.54, 1.807) is 0 Å². The Morgan fingerprint density at radius 3 is 3.00 bits per heavy atom. The Morgan fingerprint density at radius 2 is 2.25 bits per heavy atom. The molecule has 2 aromatic rings. The monoisotopic (exact) mass is 273 g/mol. The lowest BCUT2D eigenvalue weighted by atomic mass is 9.80. The molecule has 1 aromatic carbocycles. The van der Waals surface area contributed by atoms with Crippen molar-refractivity contribution in [3.63, 3.8) is 0 Å². The van der Waals surface area contributed by atoms with Crippen molar-refractivity contribution in [1.29, 1.82) is 0 Å². The van der Waals surface area contributed by atoms with Gasteiger partial charge in [0.2, 0.25) is 11.9 Å². The van der Waals surface area contributed by atoms with Crippen LogP contribution in [0.4, 0.5) is 5.95 Å². The summed E-state index contributed by atoms with van der Waals surface area (Å²) in [5.74, 6) is 0.983. The lowest BCUT2D eigenvalue weighted by Crippen LogP contribution is -2.34. The summed E-state index contributed by atoms with van der Waals surface area (Å²) in [6, 6.07) is 7.72. The summed E-state index contributed by atoms with van der Waals surface area (Å²) in [5, 5.41) is 2.83. The van der Waals surface area contributed by atoms with Crippen LogP contribution in [-0.2, 0) is 9.53 Å². The van der Waals surface area contributed by atoms with Gasteiger partial charge in [0.15, 0.2) is 0 Å². The van der Waals surface area contributed by atoms with Crippen LogP contribution in [0.2, 0.25) is 0 Å². The molecule has 0 atom stereocenters. The molecule has 20 heavy (non-hydrogen) atoms. The highest BCUT2D eigenvalue weighted by atomic mass is 16.5. The van der Waals surface area contributed by atoms with E-state index in [9.17, 15) is 4.79 Å². The van der Waals surface area contributed by atoms with Crippen LogP contribution >= 0.6 is 0 Å². The van der Waals surface area contributed by atoms with E-state index in [0.29, 0.717) is 24.4 Å². The van der Waals surface area contributed by atoms with Crippen LogP contribution in [0.5, 0.6) is 0 Å². The fourth-order valence-corrected chi connectivity index (χ4v) is 2.67. The molecule has 0 spiro atoms. The fourth-order valence-electron chi connectivity index (χ4n) is 2.67. The van der Waals surface area contributed by atoms with E-state index in [0.717, 1.165) is 30.5 Å². The summed E-state index contributed by atoms with van der Waals surface area (Å²) in [5.41, 5.74) is 1.80. The number of anilines is 1. The van der Waals surface area contributed by atoms with Crippen LogP contribution in [-0.4, -0.2) is 28.6 Å². The van der Waals surface area contributed by atoms with Crippen molar-refractivity contribution < 1.29 is 9.53 Å². The number of carbonyl (C=O) groups excluding carboxylic acids is 1. The molecule has 2 N–H and O–H groups in total. The number of amides is 1. The lowest BCUT2D eigenvalue weighted by Gasteiger charge is -2.34. The summed E-state index contributed by atoms with van der Waals surface area (Å²) >= 11 is 0. The molecule has 1 amide bonds. The number of para-hydroxylation sites is 2. The Kier molecular flexibility index (Phi) is 3.69. The van der Waals surface area contributed by atoms with Gasteiger partial charge in [0.05, 0.1) is 17.1 Å². The lowest BCUT2D eigenvalue weighted by molar-refractivity contribution is -0.119. The summed E-state index contributed by atoms with van der Waals surface area (Å²) in [6.07, 6.45) is 2.87. The van der Waals surface area contributed by atoms with Gasteiger partial charge in [-0.15, -0.1) is 0 Å². The van der Waals surface area contributed by atoms with E-state index in [2.05, 4.69) is 15.3 Å². The number of nitrogens with zero attached hydrogens (tertiary/aromatic N) is 1. The van der Waals surface area contributed by atoms with Crippen LogP contribution in [0.1, 0.15) is 26.2 Å². The maximum Gasteiger partial charge on any atom is 0.226 e. The number of aromatic nitrogens is 2. The molecule has 1 heterocycles. The van der Waals surface area contributed by atoms with Crippen molar-refractivity contribution in [2.45, 2.75) is 32.3 Å². The molecule has 0 unspecified atom stereocenters. The van der Waals surface area contributed by atoms with Crippen LogP contribution in [0, 0.1) is 5.92 Å². The van der Waals surface area contributed by atoms with Crippen LogP contribution < -0.4 is 5.32 Å². The number of carbonyl (C=O) groups is 1. The SMILES string of the molecule is CCOC1CC(CC(=O)Nc2nc3ccccc3[nH]2)C1. The molecule has 106 valence electrons. The Morgan fingerprint density at radius 1 is 1.45 bits per heavy atom. The van der Waals surface area contributed by atoms with Gasteiger partial charge in [-0.25, -0.2) is 4.98 Å². The molecule has 0 saturated heterocycles. The van der Waals surface area contributed by atoms with Gasteiger partial charge < -0.3 is 9.72 Å². The smallest absolute Gasteiger partial charge is 0.226 e. The van der Waals surface area contributed by atoms with E-state index in [-0.39, 0.29) is 5.91 Å². The first kappa shape index (κ1) is 13.1. The second-order valence-corrected chi connectivity index (χ2v) is 5.27. The molecule has 1 aromatic heterocycles. The largest absolute Gasteiger partial charge is 0.378 e. The van der Waals surface area contributed by atoms with Gasteiger partial charge in [-0.2, -0.15) is 0 Å². The standard InChI is InChI=1S/C15H19N3O2/c1-2-20-11-7-10(8-11)9-14(19)18-15-16-12-5-3-4-6-13(12)17-15/h3-6,10-11H,2,7-9H2,1H3,(H2,16,17,18,19). The topological polar surface area (TPSA) is 67.0 Å². The Hall–Kier alpha value is -1.88. The second-order valence-electron chi connectivity index (χ2n) is 5.27. The van der Waals surface area contributed by atoms with Crippen molar-refractivity contribution in [2.24, 2.45) is 5.92 Å². The fraction of sp³-hybridized carbons (Fsp3) is 0.467. The number of rotatable bonds is 5. The Bertz CT molecular complexity index is 569. The first-order chi connectivity index (χ1) is 9.74. The van der Waals surface area contributed by atoms with Crippen LogP contribution in [0.25, 0.3) is 11.0 Å². The van der Waals surface area contributed by atoms with Crippen molar-refractivity contribution in [3.8, 4) is 0 Å². The number of hydrogen-bond donors (Lipinski definition) is 2. The zero-order valence-electron chi connectivity index (χ0n) is 11.6. The molecule has 0 radical (unpaired) electrons. The number of nitrogens with one attached hydrogen (secondary N) is 2. The van der Waals surface area contributed by atoms with E-state index >= 15 is 0 Å². The molecular formula is C15H19N3O2. The number of H-pyrrole nitrogens is 1. The first-order valence-corrected chi connectivity index (χ1v) is 7.10. The zero-order valence-corrected chi connectivity index (χ0v) is 11.6. The number of benzene rings is 1. The second kappa shape index (κ2) is 5.63. The van der Waals surface area contributed by atoms with Crippen molar-refractivity contribution >= 4 is 22.9 Å². The molecule has 1 aliphatic carbocycles. The quantitative estimate of drug-likeness (QED) is 0.880. The molecule has 1 aliphatic rings. The maximum atomic E-state index is 11.9. The van der Waals surface area contributed by atoms with Crippen LogP contribution in [0.3, 0.4) is 0 Å². The third-order valence-corrected chi connectivity index (χ3v) is 3.72. The number of fused-ring (bicyclic) bond motifs is 1. The summed E-state index contributed by atoms with van der Waals surface area (Å²) in [6.45, 7) is 2.75. The average Bonchev–Trinajstić information content (AvgIpc) is 2.78. The summed E-state index contributed by atoms with van der Waals surface area (Å²) in [4.78, 5) is 19.4. The third-order valence-electron chi connectivity index (χ3n) is 3.72. The normalized spacial score (nSPS) is 21.6. The van der Waals surface area contributed by atoms with Gasteiger partial charge >= 0.3 is 0 Å². The number of imidazole rings is 1. The molecular weight excluding hydrogens is 254 g/mol. The molecule has 5 heteroatoms. The summed E-state index contributed by atoms with van der Waals surface area (Å²) in [7, 11) is 0. The first-order valence-electron chi connectivity index (χ1n) is 7.10. The Labute approximate surface area is 117 Å². The zero-order chi connectivity index (χ0) is 13.9. The van der Waals surface area contributed by atoms with Gasteiger partial charge in [0.1, 0.15) is 0 Å². The molecule has 1 fully saturated rings. The third kappa shape index (κ3) is 2.82. The van der Waals surface area contributed by atoms with Gasteiger partial charge in [-0.1, -0.05) is 12.1 Å². The minimum atomic E-state index is 0.0176. The molecule has 3 rings (SSSR count). The summed E-state index contributed by atoms with van der Waals surface area (Å²) < 4.78 is 5.50. The van der Waals surface area contributed by atoms with E-state index in [1.165, 1.54) is 0 Å². The number of aromatic amines is 1. The molecule has 1 saturated carbocycles. The van der Waals surface area contributed by atoms with Gasteiger partial charge in [-0.05, 0) is 37.8 Å². The predicted molar refractivity (Wildman–Crippen MR) is 77.5 cm³/mol. The minimum Gasteiger partial charge on any atom is -0.378 e. The minimum absolute atomic E-state index is 0.0176. The predicted octanol–water partition coefficient (Wildman–Crippen LogP) is 2.71. The number of hydrogen-bond acceptors (Lipinski definition) is 3. The van der Waals surface area contributed by atoms with Crippen molar-refractivity contribution in [3.05, 3.63) is 24.3 Å². The van der Waals surface area contributed by atoms with E-state index in [1.807, 2.05) is 31.2 Å².